The number of likely N-dealkylation sites (tertiary alicyclic amines) is 1. The molecule has 2 amide bonds. The van der Waals surface area contributed by atoms with Gasteiger partial charge in [-0.15, -0.1) is 0 Å². The van der Waals surface area contributed by atoms with Gasteiger partial charge in [-0.1, -0.05) is 18.2 Å². The van der Waals surface area contributed by atoms with Crippen molar-refractivity contribution in [3.8, 4) is 0 Å². The first kappa shape index (κ1) is 17.9. The molecule has 2 aromatic carbocycles. The molecule has 26 heavy (non-hydrogen) atoms. The molecular formula is C20H22N2O4. The van der Waals surface area contributed by atoms with E-state index >= 15 is 0 Å². The molecule has 1 unspecified atom stereocenters. The number of Topliss-reactive ketones (excluding diaryl/α,β-unsaturated/α-hetero) is 1. The lowest BCUT2D eigenvalue weighted by Crippen LogP contribution is -2.41. The van der Waals surface area contributed by atoms with Gasteiger partial charge in [0.1, 0.15) is 0 Å². The van der Waals surface area contributed by atoms with Crippen molar-refractivity contribution >= 4 is 28.6 Å². The van der Waals surface area contributed by atoms with Crippen molar-refractivity contribution in [1.82, 2.24) is 9.80 Å². The van der Waals surface area contributed by atoms with E-state index in [0.29, 0.717) is 30.5 Å². The number of piperidine rings is 1. The molecule has 1 N–H and O–H groups in total. The first-order chi connectivity index (χ1) is 12.4. The number of hydrogen-bond donors (Lipinski definition) is 1. The fourth-order valence-electron chi connectivity index (χ4n) is 3.39. The Morgan fingerprint density at radius 2 is 1.65 bits per heavy atom. The number of nitrogens with zero attached hydrogens (tertiary/aromatic N) is 2. The van der Waals surface area contributed by atoms with Crippen LogP contribution in [-0.2, 0) is 0 Å². The van der Waals surface area contributed by atoms with Gasteiger partial charge in [0.25, 0.3) is 5.91 Å². The highest BCUT2D eigenvalue weighted by atomic mass is 16.4. The first-order valence-electron chi connectivity index (χ1n) is 8.64. The number of carbonyl (C=O) groups is 3. The smallest absolute Gasteiger partial charge is 0.407 e. The van der Waals surface area contributed by atoms with Gasteiger partial charge in [0.05, 0.1) is 0 Å². The van der Waals surface area contributed by atoms with Crippen LogP contribution in [-0.4, -0.2) is 59.9 Å². The highest BCUT2D eigenvalue weighted by molar-refractivity contribution is 6.03. The second-order valence-electron chi connectivity index (χ2n) is 6.91. The second kappa shape index (κ2) is 7.15. The van der Waals surface area contributed by atoms with E-state index in [1.807, 2.05) is 24.3 Å². The van der Waals surface area contributed by atoms with Gasteiger partial charge in [0.15, 0.2) is 5.78 Å². The summed E-state index contributed by atoms with van der Waals surface area (Å²) in [5.41, 5.74) is 1.19. The molecular weight excluding hydrogens is 332 g/mol. The molecule has 0 bridgehead atoms. The zero-order valence-electron chi connectivity index (χ0n) is 14.9. The zero-order chi connectivity index (χ0) is 18.8. The summed E-state index contributed by atoms with van der Waals surface area (Å²) >= 11 is 0. The molecule has 1 heterocycles. The van der Waals surface area contributed by atoms with Crippen molar-refractivity contribution in [2.75, 3.05) is 27.2 Å². The highest BCUT2D eigenvalue weighted by Crippen LogP contribution is 2.24. The van der Waals surface area contributed by atoms with Crippen molar-refractivity contribution in [2.45, 2.75) is 12.8 Å². The van der Waals surface area contributed by atoms with Gasteiger partial charge in [0, 0.05) is 44.2 Å². The summed E-state index contributed by atoms with van der Waals surface area (Å²) in [6, 6.07) is 10.8. The maximum absolute atomic E-state index is 12.8. The summed E-state index contributed by atoms with van der Waals surface area (Å²) in [5, 5.41) is 10.9. The third kappa shape index (κ3) is 3.54. The van der Waals surface area contributed by atoms with Crippen LogP contribution in [0.25, 0.3) is 10.8 Å². The number of rotatable bonds is 3. The maximum atomic E-state index is 12.8. The average molecular weight is 354 g/mol. The molecule has 1 aliphatic heterocycles. The standard InChI is InChI=1S/C20H22N2O4/c1-21(2)19(24)16-8-6-13-10-15(7-5-14(13)11-16)18(23)17-4-3-9-22(12-17)20(25)26/h5-8,10-11,17H,3-4,9,12H2,1-2H3,(H,25,26). The van der Waals surface area contributed by atoms with E-state index in [4.69, 9.17) is 5.11 Å². The Morgan fingerprint density at radius 1 is 1.04 bits per heavy atom. The minimum absolute atomic E-state index is 0.0219. The lowest BCUT2D eigenvalue weighted by atomic mass is 9.89. The van der Waals surface area contributed by atoms with Crippen LogP contribution in [0.2, 0.25) is 0 Å². The third-order valence-electron chi connectivity index (χ3n) is 4.84. The van der Waals surface area contributed by atoms with Crippen molar-refractivity contribution in [1.29, 1.82) is 0 Å². The Morgan fingerprint density at radius 3 is 2.27 bits per heavy atom. The fraction of sp³-hybridized carbons (Fsp3) is 0.350. The molecule has 1 fully saturated rings. The van der Waals surface area contributed by atoms with E-state index in [1.165, 1.54) is 9.80 Å². The van der Waals surface area contributed by atoms with Crippen molar-refractivity contribution in [3.63, 3.8) is 0 Å². The van der Waals surface area contributed by atoms with E-state index in [0.717, 1.165) is 10.8 Å². The number of hydrogen-bond acceptors (Lipinski definition) is 3. The average Bonchev–Trinajstić information content (AvgIpc) is 2.65. The van der Waals surface area contributed by atoms with E-state index in [9.17, 15) is 14.4 Å². The van der Waals surface area contributed by atoms with Crippen LogP contribution in [0.5, 0.6) is 0 Å². The highest BCUT2D eigenvalue weighted by Gasteiger charge is 2.28. The van der Waals surface area contributed by atoms with Gasteiger partial charge in [-0.3, -0.25) is 9.59 Å². The van der Waals surface area contributed by atoms with Gasteiger partial charge in [-0.2, -0.15) is 0 Å². The lowest BCUT2D eigenvalue weighted by Gasteiger charge is -2.29. The largest absolute Gasteiger partial charge is 0.465 e. The molecule has 1 aliphatic rings. The zero-order valence-corrected chi connectivity index (χ0v) is 14.9. The van der Waals surface area contributed by atoms with Gasteiger partial charge in [-0.25, -0.2) is 4.79 Å². The summed E-state index contributed by atoms with van der Waals surface area (Å²) in [4.78, 5) is 38.9. The molecule has 0 aliphatic carbocycles. The first-order valence-corrected chi connectivity index (χ1v) is 8.64. The Balaban J connectivity index is 1.84. The Kier molecular flexibility index (Phi) is 4.93. The molecule has 0 aromatic heterocycles. The lowest BCUT2D eigenvalue weighted by molar-refractivity contribution is 0.0803. The van der Waals surface area contributed by atoms with Crippen molar-refractivity contribution in [2.24, 2.45) is 5.92 Å². The molecule has 6 heteroatoms. The summed E-state index contributed by atoms with van der Waals surface area (Å²) in [6.07, 6.45) is 0.433. The fourth-order valence-corrected chi connectivity index (χ4v) is 3.39. The van der Waals surface area contributed by atoms with Gasteiger partial charge in [-0.05, 0) is 41.8 Å². The number of benzene rings is 2. The predicted octanol–water partition coefficient (Wildman–Crippen LogP) is 3.11. The summed E-state index contributed by atoms with van der Waals surface area (Å²) in [7, 11) is 3.41. The van der Waals surface area contributed by atoms with Crippen LogP contribution in [0, 0.1) is 5.92 Å². The number of carboxylic acid groups (broad SMARTS) is 1. The van der Waals surface area contributed by atoms with E-state index < -0.39 is 6.09 Å². The summed E-state index contributed by atoms with van der Waals surface area (Å²) in [6.45, 7) is 0.738. The quantitative estimate of drug-likeness (QED) is 0.859. The number of amides is 2. The molecule has 6 nitrogen and oxygen atoms in total. The minimum atomic E-state index is -0.973. The van der Waals surface area contributed by atoms with Crippen LogP contribution in [0.15, 0.2) is 36.4 Å². The normalized spacial score (nSPS) is 17.2. The van der Waals surface area contributed by atoms with E-state index in [1.54, 1.807) is 26.2 Å². The van der Waals surface area contributed by atoms with Crippen LogP contribution < -0.4 is 0 Å². The van der Waals surface area contributed by atoms with E-state index in [2.05, 4.69) is 0 Å². The maximum Gasteiger partial charge on any atom is 0.407 e. The molecule has 1 saturated heterocycles. The number of carbonyl (C=O) groups excluding carboxylic acids is 2. The molecule has 1 atom stereocenters. The number of fused-ring (bicyclic) bond motifs is 1. The van der Waals surface area contributed by atoms with Crippen LogP contribution in [0.1, 0.15) is 33.6 Å². The van der Waals surface area contributed by atoms with Crippen LogP contribution in [0.3, 0.4) is 0 Å². The van der Waals surface area contributed by atoms with Gasteiger partial charge in [0.2, 0.25) is 0 Å². The Bertz CT molecular complexity index is 875. The third-order valence-corrected chi connectivity index (χ3v) is 4.84. The summed E-state index contributed by atoms with van der Waals surface area (Å²) < 4.78 is 0. The molecule has 0 spiro atoms. The van der Waals surface area contributed by atoms with Crippen molar-refractivity contribution in [3.05, 3.63) is 47.5 Å². The van der Waals surface area contributed by atoms with Gasteiger partial charge < -0.3 is 14.9 Å². The molecule has 2 aromatic rings. The minimum Gasteiger partial charge on any atom is -0.465 e. The monoisotopic (exact) mass is 354 g/mol. The summed E-state index contributed by atoms with van der Waals surface area (Å²) in [5.74, 6) is -0.388. The molecule has 0 radical (unpaired) electrons. The Hall–Kier alpha value is -2.89. The number of ketones is 1. The SMILES string of the molecule is CN(C)C(=O)c1ccc2cc(C(=O)C3CCCN(C(=O)O)C3)ccc2c1. The second-order valence-corrected chi connectivity index (χ2v) is 6.91. The molecule has 3 rings (SSSR count). The van der Waals surface area contributed by atoms with Crippen LogP contribution >= 0.6 is 0 Å². The molecule has 0 saturated carbocycles. The Labute approximate surface area is 152 Å². The molecule has 136 valence electrons. The van der Waals surface area contributed by atoms with E-state index in [-0.39, 0.29) is 24.2 Å². The van der Waals surface area contributed by atoms with Crippen LogP contribution in [0.4, 0.5) is 4.79 Å². The van der Waals surface area contributed by atoms with Gasteiger partial charge >= 0.3 is 6.09 Å². The predicted molar refractivity (Wildman–Crippen MR) is 98.6 cm³/mol. The van der Waals surface area contributed by atoms with Crippen molar-refractivity contribution < 1.29 is 19.5 Å². The topological polar surface area (TPSA) is 77.9 Å².